The standard InChI is InChI=1S/C61H46N2/c1-61(2)56-36-31-45(39-55(56)59-47-20-10-9-17-43(47)30-37-57(59)61)46-32-33-52(49-22-12-11-21-48(46)49)53-34-35-54(51-24-14-13-23-50(51)53)58(63-60(62)44-18-7-4-8-19-44)38-27-40-25-28-42(29-26-40)41-15-5-3-6-16-41/h3-26,28-39H,27H2,1-2H3,(H2,62,63)/b58-38-. The van der Waals surface area contributed by atoms with Gasteiger partial charge in [-0.15, -0.1) is 0 Å². The highest BCUT2D eigenvalue weighted by Crippen LogP contribution is 2.52. The maximum atomic E-state index is 6.78. The van der Waals surface area contributed by atoms with E-state index in [0.717, 1.165) is 22.2 Å². The molecule has 2 heteroatoms. The molecule has 0 atom stereocenters. The van der Waals surface area contributed by atoms with Crippen LogP contribution in [0.3, 0.4) is 0 Å². The third-order valence-corrected chi connectivity index (χ3v) is 13.2. The quantitative estimate of drug-likeness (QED) is 0.121. The molecule has 0 spiro atoms. The van der Waals surface area contributed by atoms with Crippen LogP contribution in [-0.4, -0.2) is 5.84 Å². The van der Waals surface area contributed by atoms with Gasteiger partial charge in [0.1, 0.15) is 5.84 Å². The minimum atomic E-state index is -0.0753. The molecule has 0 fully saturated rings. The number of fused-ring (bicyclic) bond motifs is 7. The Kier molecular flexibility index (Phi) is 9.43. The zero-order valence-corrected chi connectivity index (χ0v) is 35.5. The second-order valence-corrected chi connectivity index (χ2v) is 17.2. The van der Waals surface area contributed by atoms with E-state index in [1.807, 2.05) is 30.3 Å². The molecule has 10 aromatic rings. The van der Waals surface area contributed by atoms with Crippen molar-refractivity contribution in [2.45, 2.75) is 25.7 Å². The maximum absolute atomic E-state index is 6.78. The number of allylic oxidation sites excluding steroid dienone is 1. The molecule has 2 nitrogen and oxygen atoms in total. The van der Waals surface area contributed by atoms with Crippen LogP contribution in [0.2, 0.25) is 0 Å². The van der Waals surface area contributed by atoms with E-state index in [1.165, 1.54) is 88.1 Å². The van der Waals surface area contributed by atoms with Crippen LogP contribution in [0.25, 0.3) is 82.5 Å². The lowest BCUT2D eigenvalue weighted by atomic mass is 9.81. The first-order chi connectivity index (χ1) is 30.9. The zero-order valence-electron chi connectivity index (χ0n) is 35.5. The van der Waals surface area contributed by atoms with Crippen molar-refractivity contribution in [1.82, 2.24) is 0 Å². The molecule has 0 heterocycles. The molecule has 10 aromatic carbocycles. The molecule has 11 rings (SSSR count). The van der Waals surface area contributed by atoms with Gasteiger partial charge in [0.2, 0.25) is 0 Å². The summed E-state index contributed by atoms with van der Waals surface area (Å²) in [4.78, 5) is 5.16. The van der Waals surface area contributed by atoms with Crippen molar-refractivity contribution >= 4 is 43.9 Å². The van der Waals surface area contributed by atoms with E-state index in [4.69, 9.17) is 10.7 Å². The number of nitrogens with zero attached hydrogens (tertiary/aromatic N) is 1. The first-order valence-corrected chi connectivity index (χ1v) is 21.9. The molecule has 63 heavy (non-hydrogen) atoms. The molecule has 0 saturated carbocycles. The Labute approximate surface area is 369 Å². The highest BCUT2D eigenvalue weighted by atomic mass is 14.9. The Hall–Kier alpha value is -7.81. The lowest BCUT2D eigenvalue weighted by molar-refractivity contribution is 0.661. The van der Waals surface area contributed by atoms with Crippen LogP contribution in [-0.2, 0) is 11.8 Å². The van der Waals surface area contributed by atoms with Crippen LogP contribution >= 0.6 is 0 Å². The molecule has 0 amide bonds. The topological polar surface area (TPSA) is 38.4 Å². The fourth-order valence-electron chi connectivity index (χ4n) is 9.93. The first-order valence-electron chi connectivity index (χ1n) is 21.9. The van der Waals surface area contributed by atoms with Crippen molar-refractivity contribution in [1.29, 1.82) is 0 Å². The molecule has 0 aromatic heterocycles. The second-order valence-electron chi connectivity index (χ2n) is 17.2. The Morgan fingerprint density at radius 3 is 1.73 bits per heavy atom. The summed E-state index contributed by atoms with van der Waals surface area (Å²) in [6.07, 6.45) is 2.93. The van der Waals surface area contributed by atoms with E-state index in [1.54, 1.807) is 0 Å². The van der Waals surface area contributed by atoms with Crippen LogP contribution in [0.15, 0.2) is 223 Å². The van der Waals surface area contributed by atoms with Gasteiger partial charge in [-0.25, -0.2) is 4.99 Å². The molecule has 300 valence electrons. The Morgan fingerprint density at radius 2 is 1.00 bits per heavy atom. The number of amidine groups is 1. The first kappa shape index (κ1) is 38.1. The molecular weight excluding hydrogens is 761 g/mol. The average Bonchev–Trinajstić information content (AvgIpc) is 3.58. The largest absolute Gasteiger partial charge is 0.383 e. The van der Waals surface area contributed by atoms with Crippen LogP contribution in [0.1, 0.15) is 41.7 Å². The monoisotopic (exact) mass is 806 g/mol. The van der Waals surface area contributed by atoms with Gasteiger partial charge in [-0.2, -0.15) is 0 Å². The lowest BCUT2D eigenvalue weighted by Crippen LogP contribution is -2.14. The van der Waals surface area contributed by atoms with Crippen molar-refractivity contribution in [3.05, 3.63) is 246 Å². The van der Waals surface area contributed by atoms with Gasteiger partial charge in [0, 0.05) is 16.5 Å². The second kappa shape index (κ2) is 15.6. The summed E-state index contributed by atoms with van der Waals surface area (Å²) >= 11 is 0. The predicted octanol–water partition coefficient (Wildman–Crippen LogP) is 15.4. The molecule has 0 radical (unpaired) electrons. The molecular formula is C61H46N2. The average molecular weight is 807 g/mol. The van der Waals surface area contributed by atoms with Crippen LogP contribution in [0, 0.1) is 0 Å². The van der Waals surface area contributed by atoms with E-state index < -0.39 is 0 Å². The van der Waals surface area contributed by atoms with Gasteiger partial charge in [0.25, 0.3) is 0 Å². The van der Waals surface area contributed by atoms with Crippen LogP contribution in [0.5, 0.6) is 0 Å². The molecule has 1 aliphatic rings. The number of nitrogens with two attached hydrogens (primary N) is 1. The van der Waals surface area contributed by atoms with Crippen molar-refractivity contribution in [3.63, 3.8) is 0 Å². The maximum Gasteiger partial charge on any atom is 0.131 e. The predicted molar refractivity (Wildman–Crippen MR) is 268 cm³/mol. The summed E-state index contributed by atoms with van der Waals surface area (Å²) in [5.41, 5.74) is 23.4. The third kappa shape index (κ3) is 6.72. The third-order valence-electron chi connectivity index (χ3n) is 13.2. The lowest BCUT2D eigenvalue weighted by Gasteiger charge is -2.22. The van der Waals surface area contributed by atoms with Crippen LogP contribution < -0.4 is 5.73 Å². The fourth-order valence-corrected chi connectivity index (χ4v) is 9.93. The summed E-state index contributed by atoms with van der Waals surface area (Å²) in [5, 5.41) is 7.35. The van der Waals surface area contributed by atoms with Gasteiger partial charge >= 0.3 is 0 Å². The van der Waals surface area contributed by atoms with Crippen molar-refractivity contribution < 1.29 is 0 Å². The van der Waals surface area contributed by atoms with Crippen molar-refractivity contribution in [2.24, 2.45) is 10.7 Å². The molecule has 0 saturated heterocycles. The Bertz CT molecular complexity index is 3430. The fraction of sp³-hybridized carbons (Fsp3) is 0.0656. The van der Waals surface area contributed by atoms with Crippen LogP contribution in [0.4, 0.5) is 0 Å². The molecule has 0 bridgehead atoms. The smallest absolute Gasteiger partial charge is 0.131 e. The van der Waals surface area contributed by atoms with Gasteiger partial charge in [0.05, 0.1) is 5.70 Å². The SMILES string of the molecule is CC1(C)c2ccc(-c3ccc(-c4ccc(/C(=C/Cc5ccc(-c6ccccc6)cc5)N=C(N)c5ccccc5)c5ccccc45)c4ccccc34)cc2-c2c1ccc1ccccc21. The summed E-state index contributed by atoms with van der Waals surface area (Å²) in [6.45, 7) is 4.72. The zero-order chi connectivity index (χ0) is 42.5. The van der Waals surface area contributed by atoms with E-state index in [2.05, 4.69) is 202 Å². The summed E-state index contributed by atoms with van der Waals surface area (Å²) in [5.74, 6) is 0.489. The summed E-state index contributed by atoms with van der Waals surface area (Å²) in [6, 6.07) is 76.7. The summed E-state index contributed by atoms with van der Waals surface area (Å²) < 4.78 is 0. The highest BCUT2D eigenvalue weighted by Gasteiger charge is 2.36. The normalized spacial score (nSPS) is 13.4. The van der Waals surface area contributed by atoms with Gasteiger partial charge in [0.15, 0.2) is 0 Å². The molecule has 0 unspecified atom stereocenters. The van der Waals surface area contributed by atoms with Gasteiger partial charge in [-0.3, -0.25) is 0 Å². The Balaban J connectivity index is 1.01. The number of hydrogen-bond acceptors (Lipinski definition) is 1. The number of aliphatic imine (C=N–C) groups is 1. The molecule has 1 aliphatic carbocycles. The molecule has 0 aliphatic heterocycles. The van der Waals surface area contributed by atoms with Crippen molar-refractivity contribution in [2.75, 3.05) is 0 Å². The highest BCUT2D eigenvalue weighted by molar-refractivity contribution is 6.12. The van der Waals surface area contributed by atoms with E-state index >= 15 is 0 Å². The van der Waals surface area contributed by atoms with Gasteiger partial charge in [-0.05, 0) is 106 Å². The van der Waals surface area contributed by atoms with Crippen molar-refractivity contribution in [3.8, 4) is 44.5 Å². The van der Waals surface area contributed by atoms with E-state index in [-0.39, 0.29) is 5.41 Å². The number of benzene rings is 10. The molecule has 2 N–H and O–H groups in total. The number of hydrogen-bond donors (Lipinski definition) is 1. The Morgan fingerprint density at radius 1 is 0.460 bits per heavy atom. The van der Waals surface area contributed by atoms with E-state index in [9.17, 15) is 0 Å². The minimum absolute atomic E-state index is 0.0753. The number of rotatable bonds is 8. The van der Waals surface area contributed by atoms with E-state index in [0.29, 0.717) is 12.3 Å². The van der Waals surface area contributed by atoms with Gasteiger partial charge < -0.3 is 5.73 Å². The van der Waals surface area contributed by atoms with Gasteiger partial charge in [-0.1, -0.05) is 226 Å². The summed E-state index contributed by atoms with van der Waals surface area (Å²) in [7, 11) is 0. The minimum Gasteiger partial charge on any atom is -0.383 e.